The summed E-state index contributed by atoms with van der Waals surface area (Å²) < 4.78 is 5.54. The SMILES string of the molecule is CCCNc1ncnc(N2CCCOCC2)c1C(C)C. The number of aromatic nitrogens is 2. The molecule has 5 nitrogen and oxygen atoms in total. The highest BCUT2D eigenvalue weighted by molar-refractivity contribution is 5.60. The van der Waals surface area contributed by atoms with Crippen molar-refractivity contribution < 1.29 is 4.74 Å². The van der Waals surface area contributed by atoms with Gasteiger partial charge in [-0.15, -0.1) is 0 Å². The molecular formula is C15H26N4O. The smallest absolute Gasteiger partial charge is 0.137 e. The van der Waals surface area contributed by atoms with Crippen LogP contribution in [0.2, 0.25) is 0 Å². The van der Waals surface area contributed by atoms with Crippen LogP contribution in [0.5, 0.6) is 0 Å². The van der Waals surface area contributed by atoms with Crippen molar-refractivity contribution in [2.75, 3.05) is 43.1 Å². The van der Waals surface area contributed by atoms with Crippen molar-refractivity contribution in [2.45, 2.75) is 39.5 Å². The van der Waals surface area contributed by atoms with Crippen molar-refractivity contribution in [2.24, 2.45) is 0 Å². The van der Waals surface area contributed by atoms with Crippen molar-refractivity contribution in [1.29, 1.82) is 0 Å². The Hall–Kier alpha value is -1.36. The van der Waals surface area contributed by atoms with E-state index in [1.54, 1.807) is 6.33 Å². The Labute approximate surface area is 121 Å². The fourth-order valence-electron chi connectivity index (χ4n) is 2.51. The standard InChI is InChI=1S/C15H26N4O/c1-4-6-16-14-13(12(2)3)15(18-11-17-14)19-7-5-9-20-10-8-19/h11-12H,4-10H2,1-3H3,(H,16,17,18). The third kappa shape index (κ3) is 3.60. The maximum atomic E-state index is 5.54. The Kier molecular flexibility index (Phi) is 5.59. The van der Waals surface area contributed by atoms with Gasteiger partial charge in [-0.2, -0.15) is 0 Å². The number of anilines is 2. The zero-order valence-electron chi connectivity index (χ0n) is 12.9. The molecule has 0 spiro atoms. The van der Waals surface area contributed by atoms with Crippen LogP contribution >= 0.6 is 0 Å². The van der Waals surface area contributed by atoms with E-state index in [0.29, 0.717) is 5.92 Å². The van der Waals surface area contributed by atoms with E-state index in [9.17, 15) is 0 Å². The zero-order valence-corrected chi connectivity index (χ0v) is 12.9. The van der Waals surface area contributed by atoms with Crippen LogP contribution in [0.3, 0.4) is 0 Å². The van der Waals surface area contributed by atoms with Gasteiger partial charge >= 0.3 is 0 Å². The van der Waals surface area contributed by atoms with E-state index in [0.717, 1.165) is 57.3 Å². The first-order valence-electron chi connectivity index (χ1n) is 7.65. The Balaban J connectivity index is 2.30. The van der Waals surface area contributed by atoms with E-state index < -0.39 is 0 Å². The van der Waals surface area contributed by atoms with Crippen molar-refractivity contribution in [3.63, 3.8) is 0 Å². The van der Waals surface area contributed by atoms with E-state index in [-0.39, 0.29) is 0 Å². The molecule has 0 unspecified atom stereocenters. The highest BCUT2D eigenvalue weighted by atomic mass is 16.5. The first kappa shape index (κ1) is 15.0. The summed E-state index contributed by atoms with van der Waals surface area (Å²) in [6.45, 7) is 11.0. The van der Waals surface area contributed by atoms with Gasteiger partial charge in [0, 0.05) is 31.8 Å². The first-order valence-corrected chi connectivity index (χ1v) is 7.65. The lowest BCUT2D eigenvalue weighted by Crippen LogP contribution is -2.28. The maximum Gasteiger partial charge on any atom is 0.137 e. The Morgan fingerprint density at radius 1 is 1.30 bits per heavy atom. The Morgan fingerprint density at radius 2 is 2.15 bits per heavy atom. The Morgan fingerprint density at radius 3 is 2.90 bits per heavy atom. The number of hydrogen-bond acceptors (Lipinski definition) is 5. The summed E-state index contributed by atoms with van der Waals surface area (Å²) in [6.07, 6.45) is 3.82. The van der Waals surface area contributed by atoms with Gasteiger partial charge in [0.25, 0.3) is 0 Å². The van der Waals surface area contributed by atoms with Crippen molar-refractivity contribution in [3.8, 4) is 0 Å². The van der Waals surface area contributed by atoms with E-state index >= 15 is 0 Å². The number of hydrogen-bond donors (Lipinski definition) is 1. The lowest BCUT2D eigenvalue weighted by atomic mass is 10.0. The minimum absolute atomic E-state index is 0.398. The van der Waals surface area contributed by atoms with Gasteiger partial charge in [-0.05, 0) is 18.8 Å². The predicted octanol–water partition coefficient (Wildman–Crippen LogP) is 2.65. The summed E-state index contributed by atoms with van der Waals surface area (Å²) >= 11 is 0. The molecule has 0 aliphatic carbocycles. The van der Waals surface area contributed by atoms with Crippen LogP contribution in [-0.4, -0.2) is 42.8 Å². The topological polar surface area (TPSA) is 50.3 Å². The first-order chi connectivity index (χ1) is 9.74. The monoisotopic (exact) mass is 278 g/mol. The van der Waals surface area contributed by atoms with Gasteiger partial charge < -0.3 is 15.0 Å². The lowest BCUT2D eigenvalue weighted by molar-refractivity contribution is 0.152. The number of rotatable bonds is 5. The van der Waals surface area contributed by atoms with Gasteiger partial charge in [0.1, 0.15) is 18.0 Å². The summed E-state index contributed by atoms with van der Waals surface area (Å²) in [7, 11) is 0. The minimum atomic E-state index is 0.398. The zero-order chi connectivity index (χ0) is 14.4. The van der Waals surface area contributed by atoms with Crippen LogP contribution in [0, 0.1) is 0 Å². The molecule has 20 heavy (non-hydrogen) atoms. The summed E-state index contributed by atoms with van der Waals surface area (Å²) in [5, 5.41) is 3.43. The van der Waals surface area contributed by atoms with Gasteiger partial charge in [0.15, 0.2) is 0 Å². The molecule has 0 atom stereocenters. The minimum Gasteiger partial charge on any atom is -0.380 e. The molecule has 0 bridgehead atoms. The molecule has 1 aromatic heterocycles. The second kappa shape index (κ2) is 7.43. The highest BCUT2D eigenvalue weighted by Gasteiger charge is 2.20. The largest absolute Gasteiger partial charge is 0.380 e. The van der Waals surface area contributed by atoms with Gasteiger partial charge in [-0.1, -0.05) is 20.8 Å². The molecule has 0 amide bonds. The third-order valence-corrected chi connectivity index (χ3v) is 3.50. The Bertz CT molecular complexity index is 414. The van der Waals surface area contributed by atoms with Crippen LogP contribution in [0.15, 0.2) is 6.33 Å². The van der Waals surface area contributed by atoms with Gasteiger partial charge in [0.2, 0.25) is 0 Å². The van der Waals surface area contributed by atoms with Gasteiger partial charge in [0.05, 0.1) is 6.61 Å². The van der Waals surface area contributed by atoms with E-state index in [1.807, 2.05) is 0 Å². The van der Waals surface area contributed by atoms with Gasteiger partial charge in [-0.3, -0.25) is 0 Å². The molecule has 1 saturated heterocycles. The van der Waals surface area contributed by atoms with Crippen LogP contribution in [0.4, 0.5) is 11.6 Å². The summed E-state index contributed by atoms with van der Waals surface area (Å²) in [4.78, 5) is 11.3. The molecule has 2 heterocycles. The molecule has 2 rings (SSSR count). The quantitative estimate of drug-likeness (QED) is 0.897. The molecule has 1 fully saturated rings. The summed E-state index contributed by atoms with van der Waals surface area (Å²) in [6, 6.07) is 0. The van der Waals surface area contributed by atoms with Gasteiger partial charge in [-0.25, -0.2) is 9.97 Å². The third-order valence-electron chi connectivity index (χ3n) is 3.50. The van der Waals surface area contributed by atoms with Crippen LogP contribution in [0.25, 0.3) is 0 Å². The normalized spacial score (nSPS) is 16.3. The van der Waals surface area contributed by atoms with Crippen LogP contribution < -0.4 is 10.2 Å². The average molecular weight is 278 g/mol. The molecule has 1 aliphatic heterocycles. The summed E-state index contributed by atoms with van der Waals surface area (Å²) in [5.74, 6) is 2.45. The van der Waals surface area contributed by atoms with Crippen molar-refractivity contribution in [1.82, 2.24) is 9.97 Å². The number of nitrogens with zero attached hydrogens (tertiary/aromatic N) is 3. The summed E-state index contributed by atoms with van der Waals surface area (Å²) in [5.41, 5.74) is 1.22. The molecule has 0 radical (unpaired) electrons. The van der Waals surface area contributed by atoms with Crippen LogP contribution in [0.1, 0.15) is 45.1 Å². The molecule has 112 valence electrons. The number of ether oxygens (including phenoxy) is 1. The molecule has 1 N–H and O–H groups in total. The van der Waals surface area contributed by atoms with E-state index in [1.165, 1.54) is 5.56 Å². The molecule has 1 aliphatic rings. The van der Waals surface area contributed by atoms with Crippen LogP contribution in [-0.2, 0) is 4.74 Å². The number of nitrogens with one attached hydrogen (secondary N) is 1. The van der Waals surface area contributed by atoms with E-state index in [4.69, 9.17) is 4.74 Å². The molecular weight excluding hydrogens is 252 g/mol. The molecule has 5 heteroatoms. The average Bonchev–Trinajstić information content (AvgIpc) is 2.73. The predicted molar refractivity (Wildman–Crippen MR) is 82.6 cm³/mol. The molecule has 0 saturated carbocycles. The molecule has 1 aromatic rings. The van der Waals surface area contributed by atoms with Crippen molar-refractivity contribution in [3.05, 3.63) is 11.9 Å². The van der Waals surface area contributed by atoms with E-state index in [2.05, 4.69) is 41.0 Å². The maximum absolute atomic E-state index is 5.54. The lowest BCUT2D eigenvalue weighted by Gasteiger charge is -2.26. The second-order valence-electron chi connectivity index (χ2n) is 5.49. The second-order valence-corrected chi connectivity index (χ2v) is 5.49. The van der Waals surface area contributed by atoms with Crippen molar-refractivity contribution >= 4 is 11.6 Å². The fraction of sp³-hybridized carbons (Fsp3) is 0.733. The molecule has 0 aromatic carbocycles. The fourth-order valence-corrected chi connectivity index (χ4v) is 2.51. The highest BCUT2D eigenvalue weighted by Crippen LogP contribution is 2.31.